The Kier molecular flexibility index (Phi) is 4.65. The molecule has 0 radical (unpaired) electrons. The maximum Gasteiger partial charge on any atom is 0.272 e. The SMILES string of the molecule is Nc1nnc(S(=O)(=O)N(CCO)Cc2ccccc2)s1. The van der Waals surface area contributed by atoms with E-state index in [9.17, 15) is 8.42 Å². The Morgan fingerprint density at radius 2 is 1.95 bits per heavy atom. The van der Waals surface area contributed by atoms with Gasteiger partial charge in [0, 0.05) is 13.1 Å². The highest BCUT2D eigenvalue weighted by Crippen LogP contribution is 2.22. The zero-order valence-corrected chi connectivity index (χ0v) is 12.1. The summed E-state index contributed by atoms with van der Waals surface area (Å²) in [5.74, 6) is 0. The van der Waals surface area contributed by atoms with E-state index in [0.717, 1.165) is 21.2 Å². The van der Waals surface area contributed by atoms with Crippen molar-refractivity contribution in [3.63, 3.8) is 0 Å². The number of rotatable bonds is 6. The lowest BCUT2D eigenvalue weighted by Gasteiger charge is -2.19. The number of nitrogens with two attached hydrogens (primary N) is 1. The second-order valence-corrected chi connectivity index (χ2v) is 7.07. The first-order chi connectivity index (χ1) is 9.54. The Hall–Kier alpha value is -1.55. The molecule has 9 heteroatoms. The van der Waals surface area contributed by atoms with Crippen LogP contribution in [0.1, 0.15) is 5.56 Å². The molecule has 0 bridgehead atoms. The van der Waals surface area contributed by atoms with Crippen LogP contribution in [-0.4, -0.2) is 41.2 Å². The van der Waals surface area contributed by atoms with Gasteiger partial charge < -0.3 is 10.8 Å². The number of hydrogen-bond donors (Lipinski definition) is 2. The number of nitrogen functional groups attached to an aromatic ring is 1. The maximum atomic E-state index is 12.4. The van der Waals surface area contributed by atoms with Crippen LogP contribution in [0.15, 0.2) is 34.7 Å². The largest absolute Gasteiger partial charge is 0.395 e. The molecule has 0 spiro atoms. The van der Waals surface area contributed by atoms with Crippen LogP contribution in [0.5, 0.6) is 0 Å². The van der Waals surface area contributed by atoms with E-state index in [1.54, 1.807) is 0 Å². The van der Waals surface area contributed by atoms with Gasteiger partial charge in [0.1, 0.15) is 0 Å². The number of anilines is 1. The van der Waals surface area contributed by atoms with Gasteiger partial charge in [-0.2, -0.15) is 4.31 Å². The minimum atomic E-state index is -3.80. The van der Waals surface area contributed by atoms with E-state index >= 15 is 0 Å². The number of benzene rings is 1. The van der Waals surface area contributed by atoms with Crippen LogP contribution in [0.3, 0.4) is 0 Å². The Labute approximate surface area is 120 Å². The summed E-state index contributed by atoms with van der Waals surface area (Å²) in [5, 5.41) is 16.2. The zero-order valence-electron chi connectivity index (χ0n) is 10.5. The van der Waals surface area contributed by atoms with Crippen LogP contribution >= 0.6 is 11.3 Å². The zero-order chi connectivity index (χ0) is 14.6. The highest BCUT2D eigenvalue weighted by atomic mass is 32.2. The van der Waals surface area contributed by atoms with Gasteiger partial charge in [0.05, 0.1) is 6.61 Å². The Balaban J connectivity index is 2.28. The number of aliphatic hydroxyl groups is 1. The predicted octanol–water partition coefficient (Wildman–Crippen LogP) is 0.303. The third-order valence-electron chi connectivity index (χ3n) is 2.53. The molecule has 1 aromatic heterocycles. The molecule has 0 saturated heterocycles. The molecule has 1 heterocycles. The fraction of sp³-hybridized carbons (Fsp3) is 0.273. The van der Waals surface area contributed by atoms with Gasteiger partial charge >= 0.3 is 0 Å². The molecular weight excluding hydrogens is 300 g/mol. The van der Waals surface area contributed by atoms with Gasteiger partial charge in [0.25, 0.3) is 10.0 Å². The van der Waals surface area contributed by atoms with E-state index in [1.165, 1.54) is 0 Å². The summed E-state index contributed by atoms with van der Waals surface area (Å²) in [6, 6.07) is 9.12. The summed E-state index contributed by atoms with van der Waals surface area (Å²) in [4.78, 5) is 0. The third kappa shape index (κ3) is 3.31. The average molecular weight is 314 g/mol. The Bertz CT molecular complexity index is 657. The number of sulfonamides is 1. The molecule has 0 saturated carbocycles. The van der Waals surface area contributed by atoms with Gasteiger partial charge in [0.2, 0.25) is 9.47 Å². The summed E-state index contributed by atoms with van der Waals surface area (Å²) in [5.41, 5.74) is 6.24. The molecule has 0 aliphatic carbocycles. The number of hydrogen-bond acceptors (Lipinski definition) is 7. The van der Waals surface area contributed by atoms with Gasteiger partial charge in [-0.3, -0.25) is 0 Å². The van der Waals surface area contributed by atoms with Crippen LogP contribution in [0, 0.1) is 0 Å². The van der Waals surface area contributed by atoms with Gasteiger partial charge in [-0.05, 0) is 5.56 Å². The standard InChI is InChI=1S/C11H14N4O3S2/c12-10-13-14-11(19-10)20(17,18)15(6-7-16)8-9-4-2-1-3-5-9/h1-5,16H,6-8H2,(H2,12,13). The van der Waals surface area contributed by atoms with E-state index in [2.05, 4.69) is 10.2 Å². The molecule has 2 rings (SSSR count). The molecule has 3 N–H and O–H groups in total. The maximum absolute atomic E-state index is 12.4. The van der Waals surface area contributed by atoms with Crippen molar-refractivity contribution in [2.75, 3.05) is 18.9 Å². The van der Waals surface area contributed by atoms with Crippen molar-refractivity contribution in [1.29, 1.82) is 0 Å². The molecule has 0 atom stereocenters. The molecule has 7 nitrogen and oxygen atoms in total. The molecule has 108 valence electrons. The van der Waals surface area contributed by atoms with E-state index < -0.39 is 10.0 Å². The molecule has 0 amide bonds. The Morgan fingerprint density at radius 1 is 1.25 bits per heavy atom. The lowest BCUT2D eigenvalue weighted by molar-refractivity contribution is 0.251. The highest BCUT2D eigenvalue weighted by Gasteiger charge is 2.28. The minimum Gasteiger partial charge on any atom is -0.395 e. The summed E-state index contributed by atoms with van der Waals surface area (Å²) in [7, 11) is -3.80. The van der Waals surface area contributed by atoms with E-state index in [-0.39, 0.29) is 29.2 Å². The number of aromatic nitrogens is 2. The summed E-state index contributed by atoms with van der Waals surface area (Å²) in [6.07, 6.45) is 0. The van der Waals surface area contributed by atoms with E-state index in [0.29, 0.717) is 0 Å². The molecule has 0 unspecified atom stereocenters. The summed E-state index contributed by atoms with van der Waals surface area (Å²) in [6.45, 7) is -0.139. The van der Waals surface area contributed by atoms with E-state index in [4.69, 9.17) is 10.8 Å². The van der Waals surface area contributed by atoms with Crippen molar-refractivity contribution in [3.05, 3.63) is 35.9 Å². The van der Waals surface area contributed by atoms with Crippen LogP contribution in [0.2, 0.25) is 0 Å². The van der Waals surface area contributed by atoms with Gasteiger partial charge in [0.15, 0.2) is 0 Å². The van der Waals surface area contributed by atoms with Crippen LogP contribution < -0.4 is 5.73 Å². The van der Waals surface area contributed by atoms with Crippen molar-refractivity contribution in [3.8, 4) is 0 Å². The molecule has 0 fully saturated rings. The highest BCUT2D eigenvalue weighted by molar-refractivity contribution is 7.91. The van der Waals surface area contributed by atoms with Crippen LogP contribution in [-0.2, 0) is 16.6 Å². The second kappa shape index (κ2) is 6.27. The van der Waals surface area contributed by atoms with Crippen molar-refractivity contribution in [2.24, 2.45) is 0 Å². The van der Waals surface area contributed by atoms with Gasteiger partial charge in [-0.25, -0.2) is 8.42 Å². The molecule has 20 heavy (non-hydrogen) atoms. The minimum absolute atomic E-state index is 0.0172. The Morgan fingerprint density at radius 3 is 2.50 bits per heavy atom. The average Bonchev–Trinajstić information content (AvgIpc) is 2.87. The quantitative estimate of drug-likeness (QED) is 0.794. The first-order valence-electron chi connectivity index (χ1n) is 5.78. The smallest absolute Gasteiger partial charge is 0.272 e. The molecule has 1 aromatic carbocycles. The third-order valence-corrected chi connectivity index (χ3v) is 5.48. The predicted molar refractivity (Wildman–Crippen MR) is 75.4 cm³/mol. The van der Waals surface area contributed by atoms with Crippen LogP contribution in [0.4, 0.5) is 5.13 Å². The topological polar surface area (TPSA) is 109 Å². The lowest BCUT2D eigenvalue weighted by atomic mass is 10.2. The second-order valence-electron chi connectivity index (χ2n) is 3.95. The van der Waals surface area contributed by atoms with Gasteiger partial charge in [-0.15, -0.1) is 10.2 Å². The van der Waals surface area contributed by atoms with Crippen molar-refractivity contribution >= 4 is 26.5 Å². The fourth-order valence-corrected chi connectivity index (χ4v) is 3.96. The fourth-order valence-electron chi connectivity index (χ4n) is 1.62. The number of nitrogens with zero attached hydrogens (tertiary/aromatic N) is 3. The molecule has 0 aliphatic heterocycles. The number of aliphatic hydroxyl groups excluding tert-OH is 1. The van der Waals surface area contributed by atoms with Gasteiger partial charge in [-0.1, -0.05) is 41.7 Å². The van der Waals surface area contributed by atoms with Crippen molar-refractivity contribution in [2.45, 2.75) is 10.9 Å². The van der Waals surface area contributed by atoms with E-state index in [1.807, 2.05) is 30.3 Å². The normalized spacial score (nSPS) is 11.9. The molecule has 0 aliphatic rings. The summed E-state index contributed by atoms with van der Waals surface area (Å²) < 4.78 is 25.8. The van der Waals surface area contributed by atoms with Crippen molar-refractivity contribution in [1.82, 2.24) is 14.5 Å². The molecule has 2 aromatic rings. The monoisotopic (exact) mass is 314 g/mol. The molecular formula is C11H14N4O3S2. The lowest BCUT2D eigenvalue weighted by Crippen LogP contribution is -2.33. The van der Waals surface area contributed by atoms with Crippen LogP contribution in [0.25, 0.3) is 0 Å². The first kappa shape index (κ1) is 14.9. The first-order valence-corrected chi connectivity index (χ1v) is 8.03. The summed E-state index contributed by atoms with van der Waals surface area (Å²) >= 11 is 0.804. The van der Waals surface area contributed by atoms with Crippen molar-refractivity contribution < 1.29 is 13.5 Å².